The van der Waals surface area contributed by atoms with Crippen LogP contribution in [0, 0.1) is 13.8 Å². The van der Waals surface area contributed by atoms with E-state index in [0.717, 1.165) is 56.3 Å². The fourth-order valence-corrected chi connectivity index (χ4v) is 3.78. The number of aromatic nitrogens is 2. The van der Waals surface area contributed by atoms with Gasteiger partial charge < -0.3 is 10.1 Å². The van der Waals surface area contributed by atoms with E-state index in [9.17, 15) is 4.79 Å². The van der Waals surface area contributed by atoms with Crippen LogP contribution in [0.2, 0.25) is 0 Å². The first-order valence-electron chi connectivity index (χ1n) is 10.4. The molecular weight excluding hydrogens is 350 g/mol. The fourth-order valence-electron chi connectivity index (χ4n) is 3.78. The van der Waals surface area contributed by atoms with Gasteiger partial charge in [0.05, 0.1) is 0 Å². The molecule has 1 heterocycles. The van der Waals surface area contributed by atoms with Crippen LogP contribution in [-0.4, -0.2) is 28.0 Å². The maximum atomic E-state index is 12.2. The second-order valence-electron chi connectivity index (χ2n) is 7.78. The highest BCUT2D eigenvalue weighted by molar-refractivity contribution is 5.76. The van der Waals surface area contributed by atoms with Crippen molar-refractivity contribution in [2.24, 2.45) is 0 Å². The lowest BCUT2D eigenvalue weighted by Crippen LogP contribution is -2.39. The fraction of sp³-hybridized carbons (Fsp3) is 0.522. The number of hydrogen-bond acceptors (Lipinski definition) is 4. The van der Waals surface area contributed by atoms with Crippen molar-refractivity contribution in [2.75, 3.05) is 0 Å². The third kappa shape index (κ3) is 6.63. The molecule has 1 N–H and O–H groups in total. The van der Waals surface area contributed by atoms with E-state index < -0.39 is 0 Å². The van der Waals surface area contributed by atoms with Crippen LogP contribution in [0.15, 0.2) is 36.4 Å². The van der Waals surface area contributed by atoms with Crippen LogP contribution in [0.25, 0.3) is 0 Å². The Hall–Kier alpha value is -2.43. The monoisotopic (exact) mass is 381 g/mol. The van der Waals surface area contributed by atoms with Gasteiger partial charge >= 0.3 is 6.01 Å². The van der Waals surface area contributed by atoms with Gasteiger partial charge in [-0.05, 0) is 70.4 Å². The van der Waals surface area contributed by atoms with Gasteiger partial charge in [-0.25, -0.2) is 9.97 Å². The summed E-state index contributed by atoms with van der Waals surface area (Å²) in [5.74, 6) is 0.176. The highest BCUT2D eigenvalue weighted by Gasteiger charge is 2.24. The van der Waals surface area contributed by atoms with E-state index in [1.54, 1.807) is 0 Å². The number of carbonyl (C=O) groups excluding carboxylic acids is 1. The van der Waals surface area contributed by atoms with Gasteiger partial charge in [-0.2, -0.15) is 0 Å². The van der Waals surface area contributed by atoms with Crippen LogP contribution >= 0.6 is 0 Å². The summed E-state index contributed by atoms with van der Waals surface area (Å²) in [6.07, 6.45) is 7.52. The predicted molar refractivity (Wildman–Crippen MR) is 110 cm³/mol. The summed E-state index contributed by atoms with van der Waals surface area (Å²) >= 11 is 0. The highest BCUT2D eigenvalue weighted by atomic mass is 16.5. The van der Waals surface area contributed by atoms with Crippen LogP contribution in [-0.2, 0) is 11.2 Å². The molecule has 0 unspecified atom stereocenters. The van der Waals surface area contributed by atoms with Crippen molar-refractivity contribution in [1.29, 1.82) is 0 Å². The third-order valence-electron chi connectivity index (χ3n) is 5.24. The Labute approximate surface area is 167 Å². The van der Waals surface area contributed by atoms with E-state index >= 15 is 0 Å². The van der Waals surface area contributed by atoms with Crippen LogP contribution in [0.1, 0.15) is 61.9 Å². The van der Waals surface area contributed by atoms with E-state index in [2.05, 4.69) is 39.6 Å². The smallest absolute Gasteiger partial charge is 0.317 e. The zero-order valence-corrected chi connectivity index (χ0v) is 17.0. The van der Waals surface area contributed by atoms with Crippen molar-refractivity contribution in [3.05, 3.63) is 53.3 Å². The van der Waals surface area contributed by atoms with Crippen LogP contribution < -0.4 is 10.1 Å². The Morgan fingerprint density at radius 3 is 2.39 bits per heavy atom. The molecule has 0 radical (unpaired) electrons. The lowest BCUT2D eigenvalue weighted by Gasteiger charge is -2.29. The van der Waals surface area contributed by atoms with Crippen molar-refractivity contribution in [2.45, 2.75) is 77.4 Å². The summed E-state index contributed by atoms with van der Waals surface area (Å²) in [4.78, 5) is 20.9. The zero-order valence-electron chi connectivity index (χ0n) is 17.0. The molecule has 0 spiro atoms. The van der Waals surface area contributed by atoms with Crippen LogP contribution in [0.5, 0.6) is 6.01 Å². The number of aryl methyl sites for hydroxylation is 3. The van der Waals surface area contributed by atoms with Crippen molar-refractivity contribution >= 4 is 5.91 Å². The molecule has 5 heteroatoms. The number of nitrogens with zero attached hydrogens (tertiary/aromatic N) is 2. The molecular formula is C23H31N3O2. The Bertz CT molecular complexity index is 735. The van der Waals surface area contributed by atoms with Gasteiger partial charge in [0.1, 0.15) is 6.10 Å². The first-order chi connectivity index (χ1) is 13.6. The second kappa shape index (κ2) is 10.2. The minimum Gasteiger partial charge on any atom is -0.460 e. The molecule has 1 aromatic carbocycles. The average molecular weight is 382 g/mol. The summed E-state index contributed by atoms with van der Waals surface area (Å²) in [6, 6.07) is 13.1. The standard InChI is InChI=1S/C23H31N3O2/c1-17-16-18(2)25-23(24-17)28-21-14-12-20(13-15-21)26-22(27)11-7-6-10-19-8-4-3-5-9-19/h3-5,8-9,16,20-21H,6-7,10-15H2,1-2H3,(H,26,27). The van der Waals surface area contributed by atoms with Crippen LogP contribution in [0.3, 0.4) is 0 Å². The lowest BCUT2D eigenvalue weighted by atomic mass is 9.93. The molecule has 1 aliphatic rings. The summed E-state index contributed by atoms with van der Waals surface area (Å²) in [5, 5.41) is 3.19. The maximum absolute atomic E-state index is 12.2. The van der Waals surface area contributed by atoms with Gasteiger partial charge in [-0.3, -0.25) is 4.79 Å². The summed E-state index contributed by atoms with van der Waals surface area (Å²) in [5.41, 5.74) is 3.19. The zero-order chi connectivity index (χ0) is 19.8. The van der Waals surface area contributed by atoms with Gasteiger partial charge in [0.2, 0.25) is 5.91 Å². The Kier molecular flexibility index (Phi) is 7.40. The largest absolute Gasteiger partial charge is 0.460 e. The third-order valence-corrected chi connectivity index (χ3v) is 5.24. The van der Waals surface area contributed by atoms with Crippen LogP contribution in [0.4, 0.5) is 0 Å². The van der Waals surface area contributed by atoms with Gasteiger partial charge in [0.15, 0.2) is 0 Å². The number of rotatable bonds is 8. The molecule has 1 aliphatic carbocycles. The normalized spacial score (nSPS) is 19.2. The summed E-state index contributed by atoms with van der Waals surface area (Å²) in [6.45, 7) is 3.90. The molecule has 1 aromatic heterocycles. The molecule has 1 fully saturated rings. The van der Waals surface area contributed by atoms with Gasteiger partial charge in [-0.1, -0.05) is 30.3 Å². The molecule has 150 valence electrons. The molecule has 28 heavy (non-hydrogen) atoms. The van der Waals surface area contributed by atoms with E-state index in [4.69, 9.17) is 4.74 Å². The molecule has 0 aliphatic heterocycles. The van der Waals surface area contributed by atoms with E-state index in [1.807, 2.05) is 26.0 Å². The number of hydrogen-bond donors (Lipinski definition) is 1. The predicted octanol–water partition coefficient (Wildman–Crippen LogP) is 4.31. The molecule has 0 bridgehead atoms. The van der Waals surface area contributed by atoms with Crippen molar-refractivity contribution in [3.8, 4) is 6.01 Å². The average Bonchev–Trinajstić information content (AvgIpc) is 2.67. The Balaban J connectivity index is 1.32. The number of benzene rings is 1. The number of nitrogens with one attached hydrogen (secondary N) is 1. The first-order valence-corrected chi connectivity index (χ1v) is 10.4. The summed E-state index contributed by atoms with van der Waals surface area (Å²) in [7, 11) is 0. The lowest BCUT2D eigenvalue weighted by molar-refractivity contribution is -0.122. The molecule has 2 aromatic rings. The quantitative estimate of drug-likeness (QED) is 0.692. The molecule has 0 saturated heterocycles. The number of carbonyl (C=O) groups is 1. The minimum absolute atomic E-state index is 0.139. The Morgan fingerprint density at radius 1 is 1.04 bits per heavy atom. The van der Waals surface area contributed by atoms with E-state index in [-0.39, 0.29) is 18.1 Å². The number of amides is 1. The van der Waals surface area contributed by atoms with Crippen molar-refractivity contribution in [3.63, 3.8) is 0 Å². The minimum atomic E-state index is 0.139. The maximum Gasteiger partial charge on any atom is 0.317 e. The molecule has 0 atom stereocenters. The highest BCUT2D eigenvalue weighted by Crippen LogP contribution is 2.22. The topological polar surface area (TPSA) is 64.1 Å². The number of unbranched alkanes of at least 4 members (excludes halogenated alkanes) is 1. The van der Waals surface area contributed by atoms with E-state index in [1.165, 1.54) is 5.56 Å². The second-order valence-corrected chi connectivity index (χ2v) is 7.78. The first kappa shape index (κ1) is 20.3. The molecule has 1 amide bonds. The van der Waals surface area contributed by atoms with Gasteiger partial charge in [0, 0.05) is 23.9 Å². The summed E-state index contributed by atoms with van der Waals surface area (Å²) < 4.78 is 5.96. The molecule has 1 saturated carbocycles. The van der Waals surface area contributed by atoms with Gasteiger partial charge in [-0.15, -0.1) is 0 Å². The van der Waals surface area contributed by atoms with E-state index in [0.29, 0.717) is 12.4 Å². The molecule has 5 nitrogen and oxygen atoms in total. The van der Waals surface area contributed by atoms with Crippen molar-refractivity contribution < 1.29 is 9.53 Å². The SMILES string of the molecule is Cc1cc(C)nc(OC2CCC(NC(=O)CCCCc3ccccc3)CC2)n1. The molecule has 3 rings (SSSR count). The van der Waals surface area contributed by atoms with Crippen molar-refractivity contribution in [1.82, 2.24) is 15.3 Å². The Morgan fingerprint density at radius 2 is 1.71 bits per heavy atom. The number of ether oxygens (including phenoxy) is 1. The van der Waals surface area contributed by atoms with Gasteiger partial charge in [0.25, 0.3) is 0 Å².